The van der Waals surface area contributed by atoms with Crippen molar-refractivity contribution in [1.82, 2.24) is 5.16 Å². The third-order valence-corrected chi connectivity index (χ3v) is 2.85. The molecule has 0 bridgehead atoms. The van der Waals surface area contributed by atoms with Gasteiger partial charge in [-0.3, -0.25) is 0 Å². The Balaban J connectivity index is 2.04. The highest BCUT2D eigenvalue weighted by molar-refractivity contribution is 9.10. The van der Waals surface area contributed by atoms with Crippen LogP contribution in [0.3, 0.4) is 0 Å². The minimum Gasteiger partial charge on any atom is -0.486 e. The molecule has 0 unspecified atom stereocenters. The summed E-state index contributed by atoms with van der Waals surface area (Å²) < 4.78 is 11.3. The zero-order chi connectivity index (χ0) is 12.3. The molecular formula is C12H12BrNO3. The van der Waals surface area contributed by atoms with Crippen molar-refractivity contribution in [2.75, 3.05) is 0 Å². The molecule has 5 heteroatoms. The van der Waals surface area contributed by atoms with E-state index in [-0.39, 0.29) is 6.61 Å². The van der Waals surface area contributed by atoms with Gasteiger partial charge in [0.05, 0.1) is 11.1 Å². The van der Waals surface area contributed by atoms with Crippen molar-refractivity contribution in [2.24, 2.45) is 0 Å². The molecule has 0 atom stereocenters. The topological polar surface area (TPSA) is 55.5 Å². The molecule has 1 aromatic heterocycles. The first kappa shape index (κ1) is 12.1. The second kappa shape index (κ2) is 5.33. The van der Waals surface area contributed by atoms with Gasteiger partial charge in [0.25, 0.3) is 0 Å². The van der Waals surface area contributed by atoms with Gasteiger partial charge in [0, 0.05) is 6.07 Å². The molecule has 4 nitrogen and oxygen atoms in total. The standard InChI is InChI=1S/C12H12BrNO3/c1-8-4-10(14-17-8)7-16-12-3-2-9(6-15)5-11(12)13/h2-5,15H,6-7H2,1H3. The maximum atomic E-state index is 8.98. The second-order valence-corrected chi connectivity index (χ2v) is 4.49. The fourth-order valence-electron chi connectivity index (χ4n) is 1.40. The number of aliphatic hydroxyl groups excluding tert-OH is 1. The maximum absolute atomic E-state index is 8.98. The number of benzene rings is 1. The normalized spacial score (nSPS) is 10.5. The lowest BCUT2D eigenvalue weighted by atomic mass is 10.2. The van der Waals surface area contributed by atoms with Crippen LogP contribution >= 0.6 is 15.9 Å². The summed E-state index contributed by atoms with van der Waals surface area (Å²) in [6.07, 6.45) is 0. The van der Waals surface area contributed by atoms with Crippen LogP contribution in [-0.4, -0.2) is 10.3 Å². The van der Waals surface area contributed by atoms with E-state index in [2.05, 4.69) is 21.1 Å². The lowest BCUT2D eigenvalue weighted by Crippen LogP contribution is -1.96. The van der Waals surface area contributed by atoms with Crippen LogP contribution < -0.4 is 4.74 Å². The predicted molar refractivity (Wildman–Crippen MR) is 65.6 cm³/mol. The Labute approximate surface area is 107 Å². The van der Waals surface area contributed by atoms with Gasteiger partial charge < -0.3 is 14.4 Å². The molecule has 1 N–H and O–H groups in total. The molecule has 0 amide bonds. The zero-order valence-corrected chi connectivity index (χ0v) is 10.9. The quantitative estimate of drug-likeness (QED) is 0.943. The van der Waals surface area contributed by atoms with E-state index in [1.807, 2.05) is 31.2 Å². The van der Waals surface area contributed by atoms with Gasteiger partial charge in [0.2, 0.25) is 0 Å². The molecule has 0 saturated carbocycles. The second-order valence-electron chi connectivity index (χ2n) is 3.64. The molecule has 0 fully saturated rings. The summed E-state index contributed by atoms with van der Waals surface area (Å²) in [7, 11) is 0. The van der Waals surface area contributed by atoms with Gasteiger partial charge in [-0.15, -0.1) is 0 Å². The van der Waals surface area contributed by atoms with E-state index in [0.717, 1.165) is 21.5 Å². The largest absolute Gasteiger partial charge is 0.486 e. The van der Waals surface area contributed by atoms with Crippen LogP contribution in [0.1, 0.15) is 17.0 Å². The summed E-state index contributed by atoms with van der Waals surface area (Å²) in [4.78, 5) is 0. The Kier molecular flexibility index (Phi) is 3.81. The highest BCUT2D eigenvalue weighted by Crippen LogP contribution is 2.26. The smallest absolute Gasteiger partial charge is 0.134 e. The molecule has 0 aliphatic heterocycles. The van der Waals surface area contributed by atoms with E-state index in [4.69, 9.17) is 14.4 Å². The van der Waals surface area contributed by atoms with E-state index in [1.165, 1.54) is 0 Å². The lowest BCUT2D eigenvalue weighted by Gasteiger charge is -2.07. The third-order valence-electron chi connectivity index (χ3n) is 2.23. The van der Waals surface area contributed by atoms with Gasteiger partial charge in [0.1, 0.15) is 23.8 Å². The van der Waals surface area contributed by atoms with E-state index >= 15 is 0 Å². The number of hydrogen-bond acceptors (Lipinski definition) is 4. The SMILES string of the molecule is Cc1cc(COc2ccc(CO)cc2Br)no1. The van der Waals surface area contributed by atoms with Crippen molar-refractivity contribution in [3.63, 3.8) is 0 Å². The first-order valence-corrected chi connectivity index (χ1v) is 5.92. The number of aromatic nitrogens is 1. The summed E-state index contributed by atoms with van der Waals surface area (Å²) in [5.74, 6) is 1.47. The monoisotopic (exact) mass is 297 g/mol. The van der Waals surface area contributed by atoms with Crippen LogP contribution in [0.2, 0.25) is 0 Å². The van der Waals surface area contributed by atoms with Crippen molar-refractivity contribution < 1.29 is 14.4 Å². The molecule has 2 rings (SSSR count). The van der Waals surface area contributed by atoms with E-state index in [0.29, 0.717) is 12.4 Å². The van der Waals surface area contributed by atoms with Gasteiger partial charge in [-0.05, 0) is 40.5 Å². The Hall–Kier alpha value is -1.33. The third kappa shape index (κ3) is 3.08. The van der Waals surface area contributed by atoms with Crippen LogP contribution in [0.15, 0.2) is 33.3 Å². The van der Waals surface area contributed by atoms with Crippen LogP contribution in [0, 0.1) is 6.92 Å². The lowest BCUT2D eigenvalue weighted by molar-refractivity contribution is 0.278. The number of ether oxygens (including phenoxy) is 1. The molecule has 1 heterocycles. The average Bonchev–Trinajstić information content (AvgIpc) is 2.73. The number of aryl methyl sites for hydroxylation is 1. The molecule has 0 aliphatic rings. The Morgan fingerprint density at radius 2 is 2.24 bits per heavy atom. The van der Waals surface area contributed by atoms with Crippen LogP contribution in [0.5, 0.6) is 5.75 Å². The molecule has 0 spiro atoms. The van der Waals surface area contributed by atoms with E-state index in [1.54, 1.807) is 0 Å². The number of rotatable bonds is 4. The number of nitrogens with zero attached hydrogens (tertiary/aromatic N) is 1. The van der Waals surface area contributed by atoms with Crippen molar-refractivity contribution >= 4 is 15.9 Å². The van der Waals surface area contributed by atoms with Gasteiger partial charge >= 0.3 is 0 Å². The molecule has 90 valence electrons. The predicted octanol–water partition coefficient (Wildman–Crippen LogP) is 2.82. The van der Waals surface area contributed by atoms with Crippen LogP contribution in [0.4, 0.5) is 0 Å². The minimum absolute atomic E-state index is 0.0152. The summed E-state index contributed by atoms with van der Waals surface area (Å²) in [5, 5.41) is 12.8. The average molecular weight is 298 g/mol. The molecule has 0 radical (unpaired) electrons. The van der Waals surface area contributed by atoms with Crippen molar-refractivity contribution in [1.29, 1.82) is 0 Å². The van der Waals surface area contributed by atoms with Crippen LogP contribution in [-0.2, 0) is 13.2 Å². The molecule has 0 aliphatic carbocycles. The van der Waals surface area contributed by atoms with Crippen molar-refractivity contribution in [3.05, 3.63) is 45.8 Å². The molecular weight excluding hydrogens is 286 g/mol. The van der Waals surface area contributed by atoms with Gasteiger partial charge in [-0.1, -0.05) is 11.2 Å². The Morgan fingerprint density at radius 3 is 2.82 bits per heavy atom. The first-order chi connectivity index (χ1) is 8.19. The summed E-state index contributed by atoms with van der Waals surface area (Å²) in [6.45, 7) is 2.21. The number of halogens is 1. The number of aliphatic hydroxyl groups is 1. The number of hydrogen-bond donors (Lipinski definition) is 1. The summed E-state index contributed by atoms with van der Waals surface area (Å²) >= 11 is 3.39. The highest BCUT2D eigenvalue weighted by atomic mass is 79.9. The zero-order valence-electron chi connectivity index (χ0n) is 9.31. The molecule has 17 heavy (non-hydrogen) atoms. The summed E-state index contributed by atoms with van der Waals surface area (Å²) in [5.41, 5.74) is 1.59. The minimum atomic E-state index is 0.0152. The highest BCUT2D eigenvalue weighted by Gasteiger charge is 2.05. The first-order valence-electron chi connectivity index (χ1n) is 5.13. The van der Waals surface area contributed by atoms with Gasteiger partial charge in [0.15, 0.2) is 0 Å². The van der Waals surface area contributed by atoms with Crippen LogP contribution in [0.25, 0.3) is 0 Å². The Bertz CT molecular complexity index is 510. The van der Waals surface area contributed by atoms with Gasteiger partial charge in [-0.2, -0.15) is 0 Å². The maximum Gasteiger partial charge on any atom is 0.134 e. The van der Waals surface area contributed by atoms with Gasteiger partial charge in [-0.25, -0.2) is 0 Å². The fourth-order valence-corrected chi connectivity index (χ4v) is 1.94. The molecule has 1 aromatic carbocycles. The molecule has 0 saturated heterocycles. The molecule has 2 aromatic rings. The summed E-state index contributed by atoms with van der Waals surface area (Å²) in [6, 6.07) is 7.27. The Morgan fingerprint density at radius 1 is 1.41 bits per heavy atom. The van der Waals surface area contributed by atoms with Crippen molar-refractivity contribution in [2.45, 2.75) is 20.1 Å². The van der Waals surface area contributed by atoms with E-state index in [9.17, 15) is 0 Å². The van der Waals surface area contributed by atoms with Crippen molar-refractivity contribution in [3.8, 4) is 5.75 Å². The fraction of sp³-hybridized carbons (Fsp3) is 0.250. The van der Waals surface area contributed by atoms with E-state index < -0.39 is 0 Å².